The maximum atomic E-state index is 13.0. The van der Waals surface area contributed by atoms with Crippen LogP contribution in [0.3, 0.4) is 0 Å². The van der Waals surface area contributed by atoms with E-state index in [1.165, 1.54) is 6.07 Å². The van der Waals surface area contributed by atoms with Gasteiger partial charge in [-0.15, -0.1) is 0 Å². The SMILES string of the molecule is CC(F)(F)c1ccccc1CCO. The lowest BCUT2D eigenvalue weighted by molar-refractivity contribution is 0.0164. The molecule has 0 atom stereocenters. The topological polar surface area (TPSA) is 20.2 Å². The lowest BCUT2D eigenvalue weighted by Gasteiger charge is -2.14. The van der Waals surface area contributed by atoms with Gasteiger partial charge in [-0.1, -0.05) is 24.3 Å². The van der Waals surface area contributed by atoms with Crippen molar-refractivity contribution in [3.05, 3.63) is 35.4 Å². The van der Waals surface area contributed by atoms with Gasteiger partial charge in [0.2, 0.25) is 0 Å². The second kappa shape index (κ2) is 3.83. The van der Waals surface area contributed by atoms with Crippen LogP contribution in [0, 0.1) is 0 Å². The van der Waals surface area contributed by atoms with Gasteiger partial charge in [0.1, 0.15) is 0 Å². The van der Waals surface area contributed by atoms with Crippen molar-refractivity contribution in [1.82, 2.24) is 0 Å². The third kappa shape index (κ3) is 2.49. The van der Waals surface area contributed by atoms with Gasteiger partial charge in [-0.3, -0.25) is 0 Å². The summed E-state index contributed by atoms with van der Waals surface area (Å²) in [5, 5.41) is 8.66. The number of aliphatic hydroxyl groups is 1. The van der Waals surface area contributed by atoms with Gasteiger partial charge >= 0.3 is 0 Å². The Morgan fingerprint density at radius 3 is 2.46 bits per heavy atom. The summed E-state index contributed by atoms with van der Waals surface area (Å²) in [4.78, 5) is 0. The molecule has 1 aromatic rings. The van der Waals surface area contributed by atoms with Crippen molar-refractivity contribution in [2.24, 2.45) is 0 Å². The zero-order valence-electron chi connectivity index (χ0n) is 7.43. The van der Waals surface area contributed by atoms with Crippen LogP contribution in [-0.4, -0.2) is 11.7 Å². The number of alkyl halides is 2. The summed E-state index contributed by atoms with van der Waals surface area (Å²) in [5.41, 5.74) is 0.515. The van der Waals surface area contributed by atoms with Crippen LogP contribution >= 0.6 is 0 Å². The van der Waals surface area contributed by atoms with E-state index in [4.69, 9.17) is 5.11 Å². The first-order valence-electron chi connectivity index (χ1n) is 4.13. The van der Waals surface area contributed by atoms with E-state index in [1.807, 2.05) is 0 Å². The van der Waals surface area contributed by atoms with Crippen molar-refractivity contribution >= 4 is 0 Å². The minimum atomic E-state index is -2.83. The number of halogens is 2. The van der Waals surface area contributed by atoms with Crippen LogP contribution in [0.25, 0.3) is 0 Å². The maximum absolute atomic E-state index is 13.0. The lowest BCUT2D eigenvalue weighted by Crippen LogP contribution is -2.11. The van der Waals surface area contributed by atoms with E-state index < -0.39 is 5.92 Å². The molecule has 0 radical (unpaired) electrons. The molecule has 1 N–H and O–H groups in total. The molecule has 0 bridgehead atoms. The van der Waals surface area contributed by atoms with Gasteiger partial charge in [0, 0.05) is 19.1 Å². The molecule has 13 heavy (non-hydrogen) atoms. The fourth-order valence-corrected chi connectivity index (χ4v) is 1.29. The van der Waals surface area contributed by atoms with Gasteiger partial charge in [0.15, 0.2) is 0 Å². The van der Waals surface area contributed by atoms with Gasteiger partial charge in [0.05, 0.1) is 0 Å². The molecular weight excluding hydrogens is 174 g/mol. The molecule has 3 heteroatoms. The largest absolute Gasteiger partial charge is 0.396 e. The Morgan fingerprint density at radius 2 is 1.92 bits per heavy atom. The summed E-state index contributed by atoms with van der Waals surface area (Å²) < 4.78 is 25.9. The fourth-order valence-electron chi connectivity index (χ4n) is 1.29. The normalized spacial score (nSPS) is 11.7. The molecule has 1 rings (SSSR count). The van der Waals surface area contributed by atoms with Crippen molar-refractivity contribution < 1.29 is 13.9 Å². The molecule has 0 heterocycles. The number of hydrogen-bond donors (Lipinski definition) is 1. The molecule has 0 saturated heterocycles. The van der Waals surface area contributed by atoms with E-state index in [9.17, 15) is 8.78 Å². The first-order chi connectivity index (χ1) is 6.05. The predicted octanol–water partition coefficient (Wildman–Crippen LogP) is 2.33. The second-order valence-electron chi connectivity index (χ2n) is 3.02. The smallest absolute Gasteiger partial charge is 0.270 e. The molecule has 0 amide bonds. The van der Waals surface area contributed by atoms with Gasteiger partial charge in [-0.25, -0.2) is 8.78 Å². The highest BCUT2D eigenvalue weighted by atomic mass is 19.3. The van der Waals surface area contributed by atoms with Gasteiger partial charge in [-0.05, 0) is 12.0 Å². The molecule has 0 saturated carbocycles. The first kappa shape index (κ1) is 10.1. The highest BCUT2D eigenvalue weighted by molar-refractivity contribution is 5.30. The molecule has 72 valence electrons. The average molecular weight is 186 g/mol. The average Bonchev–Trinajstić information content (AvgIpc) is 2.04. The summed E-state index contributed by atoms with van der Waals surface area (Å²) in [5.74, 6) is -2.83. The molecule has 1 nitrogen and oxygen atoms in total. The molecule has 1 aromatic carbocycles. The van der Waals surface area contributed by atoms with Crippen molar-refractivity contribution in [3.63, 3.8) is 0 Å². The van der Waals surface area contributed by atoms with E-state index in [1.54, 1.807) is 18.2 Å². The first-order valence-corrected chi connectivity index (χ1v) is 4.13. The predicted molar refractivity (Wildman–Crippen MR) is 46.8 cm³/mol. The number of hydrogen-bond acceptors (Lipinski definition) is 1. The van der Waals surface area contributed by atoms with Crippen LogP contribution < -0.4 is 0 Å². The molecule has 0 aromatic heterocycles. The Kier molecular flexibility index (Phi) is 2.98. The number of benzene rings is 1. The van der Waals surface area contributed by atoms with E-state index in [2.05, 4.69) is 0 Å². The summed E-state index contributed by atoms with van der Waals surface area (Å²) in [7, 11) is 0. The van der Waals surface area contributed by atoms with Crippen molar-refractivity contribution in [2.45, 2.75) is 19.3 Å². The third-order valence-corrected chi connectivity index (χ3v) is 1.87. The van der Waals surface area contributed by atoms with Gasteiger partial charge in [0.25, 0.3) is 5.92 Å². The standard InChI is InChI=1S/C10H12F2O/c1-10(11,12)9-5-3-2-4-8(9)6-7-13/h2-5,13H,6-7H2,1H3. The molecule has 0 fully saturated rings. The van der Waals surface area contributed by atoms with Gasteiger partial charge < -0.3 is 5.11 Å². The number of rotatable bonds is 3. The Labute approximate surface area is 76.0 Å². The van der Waals surface area contributed by atoms with E-state index in [0.29, 0.717) is 5.56 Å². The van der Waals surface area contributed by atoms with Gasteiger partial charge in [-0.2, -0.15) is 0 Å². The zero-order chi connectivity index (χ0) is 9.90. The van der Waals surface area contributed by atoms with E-state index in [-0.39, 0.29) is 18.6 Å². The minimum Gasteiger partial charge on any atom is -0.396 e. The second-order valence-corrected chi connectivity index (χ2v) is 3.02. The summed E-state index contributed by atoms with van der Waals surface area (Å²) in [6, 6.07) is 6.28. The third-order valence-electron chi connectivity index (χ3n) is 1.87. The summed E-state index contributed by atoms with van der Waals surface area (Å²) in [6.07, 6.45) is 0.277. The van der Waals surface area contributed by atoms with Crippen molar-refractivity contribution in [1.29, 1.82) is 0 Å². The van der Waals surface area contributed by atoms with Crippen LogP contribution in [0.5, 0.6) is 0 Å². The van der Waals surface area contributed by atoms with Crippen LogP contribution in [0.1, 0.15) is 18.1 Å². The Balaban J connectivity index is 3.05. The molecule has 0 spiro atoms. The molecule has 0 aliphatic carbocycles. The quantitative estimate of drug-likeness (QED) is 0.768. The van der Waals surface area contributed by atoms with Crippen molar-refractivity contribution in [2.75, 3.05) is 6.61 Å². The Bertz CT molecular complexity index is 278. The van der Waals surface area contributed by atoms with Crippen LogP contribution in [-0.2, 0) is 12.3 Å². The van der Waals surface area contributed by atoms with E-state index >= 15 is 0 Å². The minimum absolute atomic E-state index is 0.00375. The molecule has 0 aliphatic heterocycles. The highest BCUT2D eigenvalue weighted by Gasteiger charge is 2.26. The maximum Gasteiger partial charge on any atom is 0.270 e. The monoisotopic (exact) mass is 186 g/mol. The van der Waals surface area contributed by atoms with Crippen LogP contribution in [0.2, 0.25) is 0 Å². The lowest BCUT2D eigenvalue weighted by atomic mass is 10.0. The van der Waals surface area contributed by atoms with Crippen LogP contribution in [0.15, 0.2) is 24.3 Å². The summed E-state index contributed by atoms with van der Waals surface area (Å²) in [6.45, 7) is 0.760. The molecule has 0 unspecified atom stereocenters. The van der Waals surface area contributed by atoms with Crippen molar-refractivity contribution in [3.8, 4) is 0 Å². The Morgan fingerprint density at radius 1 is 1.31 bits per heavy atom. The summed E-state index contributed by atoms with van der Waals surface area (Å²) >= 11 is 0. The molecular formula is C10H12F2O. The Hall–Kier alpha value is -0.960. The highest BCUT2D eigenvalue weighted by Crippen LogP contribution is 2.29. The van der Waals surface area contributed by atoms with E-state index in [0.717, 1.165) is 6.92 Å². The van der Waals surface area contributed by atoms with Crippen LogP contribution in [0.4, 0.5) is 8.78 Å². The zero-order valence-corrected chi connectivity index (χ0v) is 7.43. The fraction of sp³-hybridized carbons (Fsp3) is 0.400. The number of aliphatic hydroxyl groups excluding tert-OH is 1. The molecule has 0 aliphatic rings.